The number of epoxide rings is 1. The number of hydrogen-bond acceptors (Lipinski definition) is 6. The number of hydrazine groups is 1. The Bertz CT molecular complexity index is 1390. The van der Waals surface area contributed by atoms with Crippen LogP contribution in [0.2, 0.25) is 0 Å². The van der Waals surface area contributed by atoms with E-state index < -0.39 is 0 Å². The van der Waals surface area contributed by atoms with E-state index in [2.05, 4.69) is 58.4 Å². The van der Waals surface area contributed by atoms with Crippen LogP contribution in [0, 0.1) is 0 Å². The number of anilines is 1. The third-order valence-corrected chi connectivity index (χ3v) is 8.34. The summed E-state index contributed by atoms with van der Waals surface area (Å²) in [7, 11) is 4.08. The van der Waals surface area contributed by atoms with Crippen LogP contribution in [0.4, 0.5) is 10.5 Å². The van der Waals surface area contributed by atoms with Crippen LogP contribution in [0.25, 0.3) is 0 Å². The van der Waals surface area contributed by atoms with Crippen molar-refractivity contribution in [1.29, 1.82) is 0 Å². The maximum absolute atomic E-state index is 13.9. The van der Waals surface area contributed by atoms with Gasteiger partial charge in [-0.05, 0) is 35.2 Å². The summed E-state index contributed by atoms with van der Waals surface area (Å²) in [4.78, 5) is 33.9. The van der Waals surface area contributed by atoms with Gasteiger partial charge in [-0.2, -0.15) is 5.01 Å². The molecule has 0 spiro atoms. The Hall–Kier alpha value is -3.92. The Labute approximate surface area is 248 Å². The molecule has 9 nitrogen and oxygen atoms in total. The van der Waals surface area contributed by atoms with Crippen LogP contribution in [0.1, 0.15) is 36.1 Å². The molecule has 9 heteroatoms. The summed E-state index contributed by atoms with van der Waals surface area (Å²) in [5.41, 5.74) is 4.41. The number of hydrogen-bond donors (Lipinski definition) is 1. The molecular formula is C33H40N6O3. The highest BCUT2D eigenvalue weighted by Crippen LogP contribution is 2.46. The molecule has 0 saturated carbocycles. The Morgan fingerprint density at radius 3 is 2.40 bits per heavy atom. The molecule has 0 bridgehead atoms. The number of rotatable bonds is 9. The summed E-state index contributed by atoms with van der Waals surface area (Å²) >= 11 is 0. The Morgan fingerprint density at radius 2 is 1.69 bits per heavy atom. The fourth-order valence-corrected chi connectivity index (χ4v) is 6.26. The van der Waals surface area contributed by atoms with Crippen molar-refractivity contribution in [3.05, 3.63) is 102 Å². The first-order valence-corrected chi connectivity index (χ1v) is 14.8. The Morgan fingerprint density at radius 1 is 0.976 bits per heavy atom. The molecule has 0 aliphatic carbocycles. The number of nitrogens with one attached hydrogen (secondary N) is 1. The predicted molar refractivity (Wildman–Crippen MR) is 162 cm³/mol. The van der Waals surface area contributed by atoms with Crippen LogP contribution in [-0.4, -0.2) is 84.0 Å². The van der Waals surface area contributed by atoms with Crippen LogP contribution in [0.5, 0.6) is 0 Å². The molecule has 3 aromatic rings. The number of carbonyl (C=O) groups is 2. The second-order valence-electron chi connectivity index (χ2n) is 11.5. The minimum Gasteiger partial charge on any atom is -0.378 e. The van der Waals surface area contributed by atoms with Crippen molar-refractivity contribution in [1.82, 2.24) is 25.1 Å². The van der Waals surface area contributed by atoms with Gasteiger partial charge in [0, 0.05) is 46.0 Å². The zero-order valence-corrected chi connectivity index (χ0v) is 24.6. The van der Waals surface area contributed by atoms with Gasteiger partial charge in [0.05, 0.1) is 12.6 Å². The van der Waals surface area contributed by atoms with E-state index in [0.29, 0.717) is 26.2 Å². The number of nitrogens with zero attached hydrogens (tertiary/aromatic N) is 5. The predicted octanol–water partition coefficient (Wildman–Crippen LogP) is 4.04. The second-order valence-corrected chi connectivity index (χ2v) is 11.5. The zero-order valence-electron chi connectivity index (χ0n) is 24.6. The minimum atomic E-state index is -0.315. The fourth-order valence-electron chi connectivity index (χ4n) is 6.26. The average Bonchev–Trinajstić information content (AvgIpc) is 3.75. The molecule has 3 fully saturated rings. The van der Waals surface area contributed by atoms with Gasteiger partial charge < -0.3 is 19.9 Å². The molecule has 2 unspecified atom stereocenters. The van der Waals surface area contributed by atoms with Gasteiger partial charge >= 0.3 is 6.03 Å². The molecule has 3 saturated heterocycles. The van der Waals surface area contributed by atoms with E-state index in [0.717, 1.165) is 23.2 Å². The summed E-state index contributed by atoms with van der Waals surface area (Å²) in [6.07, 6.45) is 0.216. The fraction of sp³-hybridized carbons (Fsp3) is 0.394. The van der Waals surface area contributed by atoms with E-state index in [9.17, 15) is 9.59 Å². The van der Waals surface area contributed by atoms with Crippen LogP contribution in [0.3, 0.4) is 0 Å². The number of urea groups is 1. The van der Waals surface area contributed by atoms with E-state index in [1.807, 2.05) is 72.5 Å². The lowest BCUT2D eigenvalue weighted by atomic mass is 10.0. The molecule has 0 radical (unpaired) electrons. The highest BCUT2D eigenvalue weighted by Gasteiger charge is 2.60. The first-order chi connectivity index (χ1) is 20.4. The van der Waals surface area contributed by atoms with Crippen molar-refractivity contribution in [3.8, 4) is 0 Å². The molecule has 0 aromatic heterocycles. The summed E-state index contributed by atoms with van der Waals surface area (Å²) in [6.45, 7) is 4.39. The van der Waals surface area contributed by atoms with Gasteiger partial charge in [-0.1, -0.05) is 79.7 Å². The molecule has 3 heterocycles. The van der Waals surface area contributed by atoms with Crippen LogP contribution in [-0.2, 0) is 22.6 Å². The van der Waals surface area contributed by atoms with Gasteiger partial charge in [-0.3, -0.25) is 14.7 Å². The standard InChI is InChI=1S/C33H40N6O3/c1-4-18-37(33(41)34-20-24-12-7-5-8-13-24)38-23-29(40)39-28(38)22-36(21-25-14-11-17-27(19-25)35(2)3)32-31(42-32)30(39)26-15-9-6-10-16-26/h5-17,19,28,30-32H,4,18,20-23H2,1-3H3,(H,34,41)/t28-,30+,31?,32?/m1/s1. The molecule has 3 aliphatic rings. The molecule has 1 N–H and O–H groups in total. The SMILES string of the molecule is CCCN(C(=O)NCc1ccccc1)N1CC(=O)N2[C@@H](c3ccccc3)C3OC3N(Cc3cccc(N(C)C)c3)C[C@@H]21. The largest absolute Gasteiger partial charge is 0.378 e. The highest BCUT2D eigenvalue weighted by molar-refractivity contribution is 5.82. The molecule has 220 valence electrons. The highest BCUT2D eigenvalue weighted by atomic mass is 16.6. The molecule has 42 heavy (non-hydrogen) atoms. The summed E-state index contributed by atoms with van der Waals surface area (Å²) in [5.74, 6) is 0.0107. The summed E-state index contributed by atoms with van der Waals surface area (Å²) in [6, 6.07) is 28.1. The Kier molecular flexibility index (Phi) is 8.15. The number of carbonyl (C=O) groups excluding carboxylic acids is 2. The van der Waals surface area contributed by atoms with Crippen LogP contribution >= 0.6 is 0 Å². The van der Waals surface area contributed by atoms with Gasteiger partial charge in [0.15, 0.2) is 0 Å². The van der Waals surface area contributed by atoms with Crippen LogP contribution in [0.15, 0.2) is 84.9 Å². The first-order valence-electron chi connectivity index (χ1n) is 14.8. The number of amides is 3. The Balaban J connectivity index is 1.31. The van der Waals surface area contributed by atoms with Crippen molar-refractivity contribution in [2.45, 2.75) is 51.0 Å². The van der Waals surface area contributed by atoms with Crippen molar-refractivity contribution in [3.63, 3.8) is 0 Å². The average molecular weight is 569 g/mol. The van der Waals surface area contributed by atoms with Crippen molar-refractivity contribution < 1.29 is 14.3 Å². The number of fused-ring (bicyclic) bond motifs is 2. The summed E-state index contributed by atoms with van der Waals surface area (Å²) in [5, 5.41) is 6.82. The third kappa shape index (κ3) is 5.72. The third-order valence-electron chi connectivity index (χ3n) is 8.34. The maximum atomic E-state index is 13.9. The topological polar surface area (TPSA) is 74.9 Å². The lowest BCUT2D eigenvalue weighted by Crippen LogP contribution is -2.57. The molecule has 4 atom stereocenters. The van der Waals surface area contributed by atoms with E-state index in [-0.39, 0.29) is 43.0 Å². The molecular weight excluding hydrogens is 528 g/mol. The maximum Gasteiger partial charge on any atom is 0.332 e. The van der Waals surface area contributed by atoms with Gasteiger partial charge in [0.1, 0.15) is 18.5 Å². The monoisotopic (exact) mass is 568 g/mol. The minimum absolute atomic E-state index is 0.0107. The lowest BCUT2D eigenvalue weighted by Gasteiger charge is -2.40. The normalized spacial score (nSPS) is 23.6. The van der Waals surface area contributed by atoms with Gasteiger partial charge in [0.25, 0.3) is 0 Å². The van der Waals surface area contributed by atoms with Gasteiger partial charge in [-0.25, -0.2) is 4.79 Å². The second kappa shape index (κ2) is 12.1. The number of ether oxygens (including phenoxy) is 1. The smallest absolute Gasteiger partial charge is 0.332 e. The van der Waals surface area contributed by atoms with Crippen molar-refractivity contribution in [2.24, 2.45) is 0 Å². The molecule has 3 aliphatic heterocycles. The quantitative estimate of drug-likeness (QED) is 0.393. The van der Waals surface area contributed by atoms with Gasteiger partial charge in [-0.15, -0.1) is 0 Å². The van der Waals surface area contributed by atoms with Crippen molar-refractivity contribution >= 4 is 17.6 Å². The number of benzene rings is 3. The van der Waals surface area contributed by atoms with E-state index in [1.165, 1.54) is 5.56 Å². The zero-order chi connectivity index (χ0) is 29.2. The first kappa shape index (κ1) is 28.2. The van der Waals surface area contributed by atoms with Crippen LogP contribution < -0.4 is 10.2 Å². The summed E-state index contributed by atoms with van der Waals surface area (Å²) < 4.78 is 6.33. The molecule has 6 rings (SSSR count). The van der Waals surface area contributed by atoms with Gasteiger partial charge in [0.2, 0.25) is 5.91 Å². The van der Waals surface area contributed by atoms with E-state index in [1.54, 1.807) is 5.01 Å². The molecule has 3 aromatic carbocycles. The molecule has 3 amide bonds. The van der Waals surface area contributed by atoms with Crippen molar-refractivity contribution in [2.75, 3.05) is 38.6 Å². The lowest BCUT2D eigenvalue weighted by molar-refractivity contribution is -0.131. The van der Waals surface area contributed by atoms with E-state index >= 15 is 0 Å². The van der Waals surface area contributed by atoms with E-state index in [4.69, 9.17) is 4.74 Å².